The zero-order valence-corrected chi connectivity index (χ0v) is 9.04. The van der Waals surface area contributed by atoms with Gasteiger partial charge < -0.3 is 5.73 Å². The average Bonchev–Trinajstić information content (AvgIpc) is 2.14. The van der Waals surface area contributed by atoms with E-state index in [9.17, 15) is 0 Å². The highest BCUT2D eigenvalue weighted by Crippen LogP contribution is 2.26. The Morgan fingerprint density at radius 3 is 2.64 bits per heavy atom. The van der Waals surface area contributed by atoms with Crippen LogP contribution in [0.1, 0.15) is 24.5 Å². The molecule has 0 bridgehead atoms. The number of hydrogen-bond donors (Lipinski definition) is 1. The van der Waals surface area contributed by atoms with Crippen LogP contribution in [0.25, 0.3) is 0 Å². The van der Waals surface area contributed by atoms with Crippen molar-refractivity contribution in [1.82, 2.24) is 0 Å². The van der Waals surface area contributed by atoms with Gasteiger partial charge in [-0.05, 0) is 36.6 Å². The first-order valence-corrected chi connectivity index (χ1v) is 4.87. The molecule has 0 fully saturated rings. The quantitative estimate of drug-likeness (QED) is 0.578. The topological polar surface area (TPSA) is 50.7 Å². The lowest BCUT2D eigenvalue weighted by Gasteiger charge is -2.07. The van der Waals surface area contributed by atoms with E-state index in [0.717, 1.165) is 18.5 Å². The van der Waals surface area contributed by atoms with Crippen LogP contribution in [0.5, 0.6) is 0 Å². The van der Waals surface area contributed by atoms with Crippen LogP contribution >= 0.6 is 0 Å². The Bertz CT molecular complexity index is 343. The summed E-state index contributed by atoms with van der Waals surface area (Å²) >= 11 is 0. The van der Waals surface area contributed by atoms with Crippen LogP contribution in [0.3, 0.4) is 0 Å². The van der Waals surface area contributed by atoms with Gasteiger partial charge in [0.2, 0.25) is 0 Å². The summed E-state index contributed by atoms with van der Waals surface area (Å²) < 4.78 is 0. The van der Waals surface area contributed by atoms with Crippen LogP contribution in [-0.2, 0) is 6.42 Å². The molecule has 0 saturated carbocycles. The van der Waals surface area contributed by atoms with Gasteiger partial charge in [-0.15, -0.1) is 0 Å². The van der Waals surface area contributed by atoms with Crippen LogP contribution in [0.4, 0.5) is 11.4 Å². The Hall–Kier alpha value is -1.38. The Kier molecular flexibility index (Phi) is 3.63. The van der Waals surface area contributed by atoms with Crippen molar-refractivity contribution in [2.75, 3.05) is 12.8 Å². The largest absolute Gasteiger partial charge is 0.397 e. The van der Waals surface area contributed by atoms with Gasteiger partial charge >= 0.3 is 0 Å². The lowest BCUT2D eigenvalue weighted by atomic mass is 10.0. The van der Waals surface area contributed by atoms with Crippen LogP contribution in [0, 0.1) is 6.92 Å². The number of azo groups is 1. The Morgan fingerprint density at radius 2 is 2.07 bits per heavy atom. The molecule has 0 heterocycles. The summed E-state index contributed by atoms with van der Waals surface area (Å²) in [6, 6.07) is 4.00. The van der Waals surface area contributed by atoms with Crippen molar-refractivity contribution in [2.45, 2.75) is 26.7 Å². The Morgan fingerprint density at radius 1 is 1.36 bits per heavy atom. The molecule has 0 atom stereocenters. The van der Waals surface area contributed by atoms with E-state index in [-0.39, 0.29) is 0 Å². The monoisotopic (exact) mass is 191 g/mol. The highest BCUT2D eigenvalue weighted by molar-refractivity contribution is 5.65. The number of nitrogen functional groups attached to an aromatic ring is 1. The highest BCUT2D eigenvalue weighted by atomic mass is 15.1. The summed E-state index contributed by atoms with van der Waals surface area (Å²) in [7, 11) is 1.65. The maximum absolute atomic E-state index is 5.85. The standard InChI is InChI=1S/C11H17N3/c1-4-5-9-7-10(12)11(14-13-3)6-8(9)2/h6-7H,4-5,12H2,1-3H3. The SMILES string of the molecule is CCCc1cc(N)c(N=NC)cc1C. The maximum Gasteiger partial charge on any atom is 0.108 e. The number of nitrogens with zero attached hydrogens (tertiary/aromatic N) is 2. The second kappa shape index (κ2) is 4.74. The molecule has 1 rings (SSSR count). The van der Waals surface area contributed by atoms with E-state index < -0.39 is 0 Å². The van der Waals surface area contributed by atoms with E-state index in [0.29, 0.717) is 5.69 Å². The van der Waals surface area contributed by atoms with Crippen molar-refractivity contribution in [2.24, 2.45) is 10.2 Å². The third-order valence-corrected chi connectivity index (χ3v) is 2.21. The molecule has 14 heavy (non-hydrogen) atoms. The second-order valence-corrected chi connectivity index (χ2v) is 3.39. The van der Waals surface area contributed by atoms with Crippen LogP contribution in [0.2, 0.25) is 0 Å². The molecule has 0 aliphatic rings. The number of anilines is 1. The van der Waals surface area contributed by atoms with Gasteiger partial charge in [0.15, 0.2) is 0 Å². The van der Waals surface area contributed by atoms with Gasteiger partial charge in [0.1, 0.15) is 5.69 Å². The van der Waals surface area contributed by atoms with E-state index in [2.05, 4.69) is 24.1 Å². The van der Waals surface area contributed by atoms with Crippen molar-refractivity contribution in [1.29, 1.82) is 0 Å². The molecule has 76 valence electrons. The Labute approximate surface area is 85.0 Å². The smallest absolute Gasteiger partial charge is 0.108 e. The predicted molar refractivity (Wildman–Crippen MR) is 60.0 cm³/mol. The lowest BCUT2D eigenvalue weighted by molar-refractivity contribution is 0.913. The minimum atomic E-state index is 0.713. The molecule has 0 unspecified atom stereocenters. The second-order valence-electron chi connectivity index (χ2n) is 3.39. The van der Waals surface area contributed by atoms with Gasteiger partial charge in [0.05, 0.1) is 5.69 Å². The van der Waals surface area contributed by atoms with Crippen molar-refractivity contribution in [3.63, 3.8) is 0 Å². The van der Waals surface area contributed by atoms with Gasteiger partial charge in [0.25, 0.3) is 0 Å². The summed E-state index contributed by atoms with van der Waals surface area (Å²) in [5, 5.41) is 7.70. The zero-order chi connectivity index (χ0) is 10.6. The lowest BCUT2D eigenvalue weighted by Crippen LogP contribution is -1.93. The fraction of sp³-hybridized carbons (Fsp3) is 0.455. The first-order valence-electron chi connectivity index (χ1n) is 4.87. The molecular formula is C11H17N3. The molecule has 0 saturated heterocycles. The molecule has 0 aliphatic carbocycles. The summed E-state index contributed by atoms with van der Waals surface area (Å²) in [6.45, 7) is 4.24. The van der Waals surface area contributed by atoms with Gasteiger partial charge in [0, 0.05) is 7.05 Å². The minimum absolute atomic E-state index is 0.713. The molecule has 2 N–H and O–H groups in total. The molecule has 3 heteroatoms. The fourth-order valence-corrected chi connectivity index (χ4v) is 1.49. The van der Waals surface area contributed by atoms with Crippen molar-refractivity contribution in [3.05, 3.63) is 23.3 Å². The van der Waals surface area contributed by atoms with E-state index >= 15 is 0 Å². The molecule has 0 aliphatic heterocycles. The summed E-state index contributed by atoms with van der Waals surface area (Å²) in [5.41, 5.74) is 9.88. The maximum atomic E-state index is 5.85. The third-order valence-electron chi connectivity index (χ3n) is 2.21. The van der Waals surface area contributed by atoms with Crippen LogP contribution < -0.4 is 5.73 Å². The van der Waals surface area contributed by atoms with Gasteiger partial charge in [-0.1, -0.05) is 13.3 Å². The van der Waals surface area contributed by atoms with E-state index in [4.69, 9.17) is 5.73 Å². The van der Waals surface area contributed by atoms with Gasteiger partial charge in [-0.2, -0.15) is 10.2 Å². The van der Waals surface area contributed by atoms with E-state index in [1.807, 2.05) is 12.1 Å². The summed E-state index contributed by atoms with van der Waals surface area (Å²) in [5.74, 6) is 0. The van der Waals surface area contributed by atoms with Crippen LogP contribution in [-0.4, -0.2) is 7.05 Å². The molecular weight excluding hydrogens is 174 g/mol. The first kappa shape index (κ1) is 10.7. The van der Waals surface area contributed by atoms with E-state index in [1.54, 1.807) is 7.05 Å². The third kappa shape index (κ3) is 2.31. The summed E-state index contributed by atoms with van der Waals surface area (Å²) in [4.78, 5) is 0. The fourth-order valence-electron chi connectivity index (χ4n) is 1.49. The number of benzene rings is 1. The van der Waals surface area contributed by atoms with Crippen molar-refractivity contribution in [3.8, 4) is 0 Å². The van der Waals surface area contributed by atoms with Crippen molar-refractivity contribution < 1.29 is 0 Å². The molecule has 1 aromatic carbocycles. The zero-order valence-electron chi connectivity index (χ0n) is 9.04. The number of aryl methyl sites for hydroxylation is 2. The van der Waals surface area contributed by atoms with Crippen LogP contribution in [0.15, 0.2) is 22.4 Å². The molecule has 0 aromatic heterocycles. The number of hydrogen-bond acceptors (Lipinski definition) is 3. The van der Waals surface area contributed by atoms with Gasteiger partial charge in [-0.25, -0.2) is 0 Å². The van der Waals surface area contributed by atoms with E-state index in [1.165, 1.54) is 11.1 Å². The normalized spacial score (nSPS) is 11.1. The summed E-state index contributed by atoms with van der Waals surface area (Å²) in [6.07, 6.45) is 2.20. The molecule has 0 spiro atoms. The number of nitrogens with two attached hydrogens (primary N) is 1. The molecule has 3 nitrogen and oxygen atoms in total. The molecule has 0 radical (unpaired) electrons. The number of rotatable bonds is 3. The molecule has 0 amide bonds. The predicted octanol–water partition coefficient (Wildman–Crippen LogP) is 3.24. The highest BCUT2D eigenvalue weighted by Gasteiger charge is 2.03. The molecule has 1 aromatic rings. The average molecular weight is 191 g/mol. The van der Waals surface area contributed by atoms with Crippen molar-refractivity contribution >= 4 is 11.4 Å². The van der Waals surface area contributed by atoms with Gasteiger partial charge in [-0.3, -0.25) is 0 Å². The first-order chi connectivity index (χ1) is 6.69. The minimum Gasteiger partial charge on any atom is -0.397 e. The Balaban J connectivity index is 3.10.